The van der Waals surface area contributed by atoms with Crippen LogP contribution >= 0.6 is 0 Å². The van der Waals surface area contributed by atoms with Crippen molar-refractivity contribution in [3.63, 3.8) is 0 Å². The van der Waals surface area contributed by atoms with E-state index in [2.05, 4.69) is 5.32 Å². The predicted octanol–water partition coefficient (Wildman–Crippen LogP) is 2.85. The van der Waals surface area contributed by atoms with Gasteiger partial charge in [-0.25, -0.2) is 9.18 Å². The van der Waals surface area contributed by atoms with E-state index in [0.717, 1.165) is 12.8 Å². The van der Waals surface area contributed by atoms with Crippen LogP contribution in [-0.2, 0) is 9.47 Å². The van der Waals surface area contributed by atoms with Gasteiger partial charge in [0.15, 0.2) is 11.6 Å². The van der Waals surface area contributed by atoms with E-state index in [1.807, 2.05) is 6.92 Å². The van der Waals surface area contributed by atoms with Crippen LogP contribution in [-0.4, -0.2) is 39.9 Å². The summed E-state index contributed by atoms with van der Waals surface area (Å²) in [5.74, 6) is -1.00. The molecule has 6 heteroatoms. The Morgan fingerprint density at radius 3 is 2.67 bits per heavy atom. The maximum Gasteiger partial charge on any atom is 0.340 e. The van der Waals surface area contributed by atoms with Gasteiger partial charge in [0.2, 0.25) is 0 Å². The molecular formula is C15H22FNO4. The number of esters is 1. The number of rotatable bonds is 9. The number of carbonyl (C=O) groups excluding carboxylic acids is 1. The number of methoxy groups -OCH3 is 2. The first-order valence-corrected chi connectivity index (χ1v) is 6.91. The average molecular weight is 299 g/mol. The summed E-state index contributed by atoms with van der Waals surface area (Å²) in [4.78, 5) is 11.8. The van der Waals surface area contributed by atoms with Gasteiger partial charge in [-0.2, -0.15) is 0 Å². The Morgan fingerprint density at radius 1 is 1.29 bits per heavy atom. The van der Waals surface area contributed by atoms with E-state index in [1.54, 1.807) is 7.11 Å². The standard InChI is InChI=1S/C15H22FNO4/c1-4-5-7-21-14-9-11(15(18)20-3)13(10-12(14)16)17-6-8-19-2/h9-10,17H,4-8H2,1-3H3. The highest BCUT2D eigenvalue weighted by molar-refractivity contribution is 5.96. The molecule has 5 nitrogen and oxygen atoms in total. The third kappa shape index (κ3) is 5.23. The molecule has 0 aromatic heterocycles. The Morgan fingerprint density at radius 2 is 2.05 bits per heavy atom. The first kappa shape index (κ1) is 17.2. The Hall–Kier alpha value is -1.82. The number of nitrogens with one attached hydrogen (secondary N) is 1. The fourth-order valence-electron chi connectivity index (χ4n) is 1.70. The van der Waals surface area contributed by atoms with E-state index in [-0.39, 0.29) is 11.3 Å². The molecule has 0 bridgehead atoms. The van der Waals surface area contributed by atoms with Gasteiger partial charge in [-0.1, -0.05) is 13.3 Å². The maximum absolute atomic E-state index is 14.0. The number of benzene rings is 1. The van der Waals surface area contributed by atoms with Crippen LogP contribution in [0.4, 0.5) is 10.1 Å². The van der Waals surface area contributed by atoms with Crippen LogP contribution in [0.1, 0.15) is 30.1 Å². The monoisotopic (exact) mass is 299 g/mol. The third-order valence-corrected chi connectivity index (χ3v) is 2.85. The van der Waals surface area contributed by atoms with Gasteiger partial charge in [0, 0.05) is 19.7 Å². The number of halogens is 1. The van der Waals surface area contributed by atoms with E-state index in [4.69, 9.17) is 14.2 Å². The molecule has 0 saturated carbocycles. The van der Waals surface area contributed by atoms with Gasteiger partial charge in [0.05, 0.1) is 31.6 Å². The fourth-order valence-corrected chi connectivity index (χ4v) is 1.70. The van der Waals surface area contributed by atoms with Crippen molar-refractivity contribution >= 4 is 11.7 Å². The number of anilines is 1. The first-order chi connectivity index (χ1) is 10.1. The largest absolute Gasteiger partial charge is 0.490 e. The van der Waals surface area contributed by atoms with Crippen LogP contribution < -0.4 is 10.1 Å². The summed E-state index contributed by atoms with van der Waals surface area (Å²) in [7, 11) is 2.84. The quantitative estimate of drug-likeness (QED) is 0.561. The Kier molecular flexibility index (Phi) is 7.53. The Labute approximate surface area is 124 Å². The van der Waals surface area contributed by atoms with Crippen molar-refractivity contribution in [3.8, 4) is 5.75 Å². The summed E-state index contributed by atoms with van der Waals surface area (Å²) >= 11 is 0. The number of ether oxygens (including phenoxy) is 3. The van der Waals surface area contributed by atoms with Crippen molar-refractivity contribution in [2.75, 3.05) is 39.3 Å². The molecule has 21 heavy (non-hydrogen) atoms. The normalized spacial score (nSPS) is 10.3. The lowest BCUT2D eigenvalue weighted by atomic mass is 10.1. The zero-order chi connectivity index (χ0) is 15.7. The van der Waals surface area contributed by atoms with Crippen LogP contribution in [0, 0.1) is 5.82 Å². The summed E-state index contributed by atoms with van der Waals surface area (Å²) in [6, 6.07) is 2.61. The molecule has 0 aliphatic rings. The summed E-state index contributed by atoms with van der Waals surface area (Å²) in [5, 5.41) is 2.94. The van der Waals surface area contributed by atoms with Gasteiger partial charge < -0.3 is 19.5 Å². The number of hydrogen-bond acceptors (Lipinski definition) is 5. The lowest BCUT2D eigenvalue weighted by Gasteiger charge is -2.14. The van der Waals surface area contributed by atoms with Crippen LogP contribution in [0.25, 0.3) is 0 Å². The van der Waals surface area contributed by atoms with Gasteiger partial charge in [-0.3, -0.25) is 0 Å². The summed E-state index contributed by atoms with van der Waals surface area (Å²) in [6.45, 7) is 3.32. The van der Waals surface area contributed by atoms with Gasteiger partial charge in [-0.15, -0.1) is 0 Å². The van der Waals surface area contributed by atoms with Crippen LogP contribution in [0.15, 0.2) is 12.1 Å². The van der Waals surface area contributed by atoms with E-state index in [0.29, 0.717) is 25.4 Å². The lowest BCUT2D eigenvalue weighted by Crippen LogP contribution is -2.13. The molecule has 0 heterocycles. The molecule has 0 atom stereocenters. The second-order valence-electron chi connectivity index (χ2n) is 4.44. The van der Waals surface area contributed by atoms with Crippen molar-refractivity contribution < 1.29 is 23.4 Å². The summed E-state index contributed by atoms with van der Waals surface area (Å²) < 4.78 is 29.0. The minimum Gasteiger partial charge on any atom is -0.490 e. The van der Waals surface area contributed by atoms with Crippen LogP contribution in [0.2, 0.25) is 0 Å². The molecule has 1 aromatic rings. The molecule has 0 fully saturated rings. The van der Waals surface area contributed by atoms with Crippen molar-refractivity contribution in [2.45, 2.75) is 19.8 Å². The second kappa shape index (κ2) is 9.18. The molecule has 0 aliphatic carbocycles. The molecule has 1 N–H and O–H groups in total. The Bertz CT molecular complexity index is 465. The highest BCUT2D eigenvalue weighted by Crippen LogP contribution is 2.27. The summed E-state index contributed by atoms with van der Waals surface area (Å²) in [5.41, 5.74) is 0.598. The topological polar surface area (TPSA) is 56.8 Å². The smallest absolute Gasteiger partial charge is 0.340 e. The number of unbranched alkanes of at least 4 members (excludes halogenated alkanes) is 1. The molecular weight excluding hydrogens is 277 g/mol. The second-order valence-corrected chi connectivity index (χ2v) is 4.44. The zero-order valence-electron chi connectivity index (χ0n) is 12.7. The van der Waals surface area contributed by atoms with Gasteiger partial charge in [0.1, 0.15) is 0 Å². The number of hydrogen-bond donors (Lipinski definition) is 1. The predicted molar refractivity (Wildman–Crippen MR) is 78.5 cm³/mol. The minimum absolute atomic E-state index is 0.0566. The average Bonchev–Trinajstić information content (AvgIpc) is 2.49. The molecule has 0 aliphatic heterocycles. The van der Waals surface area contributed by atoms with E-state index in [1.165, 1.54) is 19.2 Å². The maximum atomic E-state index is 14.0. The van der Waals surface area contributed by atoms with E-state index < -0.39 is 11.8 Å². The van der Waals surface area contributed by atoms with Crippen LogP contribution in [0.3, 0.4) is 0 Å². The van der Waals surface area contributed by atoms with Gasteiger partial charge in [-0.05, 0) is 12.5 Å². The number of carbonyl (C=O) groups is 1. The van der Waals surface area contributed by atoms with Gasteiger partial charge in [0.25, 0.3) is 0 Å². The summed E-state index contributed by atoms with van der Waals surface area (Å²) in [6.07, 6.45) is 1.77. The van der Waals surface area contributed by atoms with Crippen LogP contribution in [0.5, 0.6) is 5.75 Å². The highest BCUT2D eigenvalue weighted by Gasteiger charge is 2.17. The van der Waals surface area contributed by atoms with Gasteiger partial charge >= 0.3 is 5.97 Å². The molecule has 0 saturated heterocycles. The third-order valence-electron chi connectivity index (χ3n) is 2.85. The fraction of sp³-hybridized carbons (Fsp3) is 0.533. The zero-order valence-corrected chi connectivity index (χ0v) is 12.7. The minimum atomic E-state index is -0.546. The molecule has 0 spiro atoms. The van der Waals surface area contributed by atoms with Crippen molar-refractivity contribution in [1.29, 1.82) is 0 Å². The van der Waals surface area contributed by atoms with E-state index in [9.17, 15) is 9.18 Å². The van der Waals surface area contributed by atoms with Crippen molar-refractivity contribution in [3.05, 3.63) is 23.5 Å². The molecule has 0 radical (unpaired) electrons. The molecule has 0 amide bonds. The highest BCUT2D eigenvalue weighted by atomic mass is 19.1. The lowest BCUT2D eigenvalue weighted by molar-refractivity contribution is 0.0601. The Balaban J connectivity index is 2.96. The molecule has 0 unspecified atom stereocenters. The first-order valence-electron chi connectivity index (χ1n) is 6.91. The van der Waals surface area contributed by atoms with E-state index >= 15 is 0 Å². The van der Waals surface area contributed by atoms with Crippen molar-refractivity contribution in [2.24, 2.45) is 0 Å². The molecule has 1 rings (SSSR count). The molecule has 1 aromatic carbocycles. The SMILES string of the molecule is CCCCOc1cc(C(=O)OC)c(NCCOC)cc1F. The molecule has 118 valence electrons. The van der Waals surface area contributed by atoms with Crippen molar-refractivity contribution in [1.82, 2.24) is 0 Å².